The van der Waals surface area contributed by atoms with Crippen LogP contribution in [0.4, 0.5) is 0 Å². The molecule has 22 heavy (non-hydrogen) atoms. The summed E-state index contributed by atoms with van der Waals surface area (Å²) in [7, 11) is -3.12. The lowest BCUT2D eigenvalue weighted by Gasteiger charge is -2.09. The minimum absolute atomic E-state index is 0.0164. The summed E-state index contributed by atoms with van der Waals surface area (Å²) in [5.74, 6) is -1.71. The van der Waals surface area contributed by atoms with E-state index >= 15 is 0 Å². The zero-order valence-corrected chi connectivity index (χ0v) is 14.0. The molecule has 1 aliphatic heterocycles. The summed E-state index contributed by atoms with van der Waals surface area (Å²) in [5.41, 5.74) is 5.32. The third-order valence-corrected chi connectivity index (χ3v) is 5.51. The minimum atomic E-state index is -3.12. The second-order valence-electron chi connectivity index (χ2n) is 4.96. The number of halogens is 1. The van der Waals surface area contributed by atoms with Crippen LogP contribution in [0.5, 0.6) is 0 Å². The van der Waals surface area contributed by atoms with Crippen LogP contribution in [0.3, 0.4) is 0 Å². The van der Waals surface area contributed by atoms with E-state index in [9.17, 15) is 18.0 Å². The van der Waals surface area contributed by atoms with E-state index in [1.54, 1.807) is 6.08 Å². The minimum Gasteiger partial charge on any atom is -0.273 e. The topological polar surface area (TPSA) is 92.3 Å². The number of rotatable bonds is 3. The molecule has 0 aliphatic carbocycles. The summed E-state index contributed by atoms with van der Waals surface area (Å²) in [6.07, 6.45) is 3.18. The third kappa shape index (κ3) is 4.96. The van der Waals surface area contributed by atoms with Gasteiger partial charge in [0.05, 0.1) is 17.4 Å². The lowest BCUT2D eigenvalue weighted by atomic mass is 10.1. The van der Waals surface area contributed by atoms with Crippen LogP contribution in [0.25, 0.3) is 6.08 Å². The number of nitrogens with one attached hydrogen (secondary N) is 2. The van der Waals surface area contributed by atoms with E-state index in [1.807, 2.05) is 24.3 Å². The number of carbonyl (C=O) groups excluding carboxylic acids is 2. The van der Waals surface area contributed by atoms with Crippen LogP contribution in [0.1, 0.15) is 12.0 Å². The molecule has 2 amide bonds. The van der Waals surface area contributed by atoms with Crippen molar-refractivity contribution in [1.29, 1.82) is 0 Å². The van der Waals surface area contributed by atoms with Gasteiger partial charge in [0.2, 0.25) is 5.91 Å². The van der Waals surface area contributed by atoms with Crippen molar-refractivity contribution in [2.24, 2.45) is 5.92 Å². The highest BCUT2D eigenvalue weighted by Gasteiger charge is 2.32. The number of hydrogen-bond donors (Lipinski definition) is 2. The molecular formula is C14H15BrN2O4S. The van der Waals surface area contributed by atoms with Crippen molar-refractivity contribution in [3.05, 3.63) is 40.4 Å². The van der Waals surface area contributed by atoms with E-state index in [2.05, 4.69) is 26.8 Å². The van der Waals surface area contributed by atoms with Gasteiger partial charge >= 0.3 is 0 Å². The maximum Gasteiger partial charge on any atom is 0.262 e. The predicted octanol–water partition coefficient (Wildman–Crippen LogP) is 1.04. The molecule has 1 fully saturated rings. The molecule has 0 aromatic heterocycles. The maximum absolute atomic E-state index is 11.7. The van der Waals surface area contributed by atoms with Gasteiger partial charge in [0, 0.05) is 10.5 Å². The molecule has 1 saturated heterocycles. The SMILES string of the molecule is O=C(/C=C/c1ccc(Br)cc1)NNC(=O)[C@@H]1CCS(=O)(=O)C1. The Morgan fingerprint density at radius 3 is 2.45 bits per heavy atom. The zero-order valence-electron chi connectivity index (χ0n) is 11.6. The van der Waals surface area contributed by atoms with Gasteiger partial charge in [-0.15, -0.1) is 0 Å². The molecular weight excluding hydrogens is 372 g/mol. The Balaban J connectivity index is 1.80. The Hall–Kier alpha value is -1.67. The molecule has 0 spiro atoms. The largest absolute Gasteiger partial charge is 0.273 e. The molecule has 1 aromatic rings. The van der Waals surface area contributed by atoms with Gasteiger partial charge in [0.25, 0.3) is 5.91 Å². The average Bonchev–Trinajstić information content (AvgIpc) is 2.84. The highest BCUT2D eigenvalue weighted by atomic mass is 79.9. The molecule has 2 rings (SSSR count). The fourth-order valence-corrected chi connectivity index (χ4v) is 4.02. The Morgan fingerprint density at radius 1 is 1.18 bits per heavy atom. The fraction of sp³-hybridized carbons (Fsp3) is 0.286. The van der Waals surface area contributed by atoms with Crippen molar-refractivity contribution in [2.45, 2.75) is 6.42 Å². The van der Waals surface area contributed by atoms with E-state index in [1.165, 1.54) is 6.08 Å². The molecule has 118 valence electrons. The average molecular weight is 387 g/mol. The van der Waals surface area contributed by atoms with Gasteiger partial charge in [-0.3, -0.25) is 20.4 Å². The first-order valence-electron chi connectivity index (χ1n) is 6.60. The Bertz CT molecular complexity index is 698. The summed E-state index contributed by atoms with van der Waals surface area (Å²) >= 11 is 3.31. The number of amides is 2. The van der Waals surface area contributed by atoms with E-state index in [4.69, 9.17) is 0 Å². The Labute approximate surface area is 137 Å². The summed E-state index contributed by atoms with van der Waals surface area (Å²) in [5, 5.41) is 0. The monoisotopic (exact) mass is 386 g/mol. The van der Waals surface area contributed by atoms with Crippen molar-refractivity contribution in [3.8, 4) is 0 Å². The van der Waals surface area contributed by atoms with Gasteiger partial charge < -0.3 is 0 Å². The van der Waals surface area contributed by atoms with Crippen molar-refractivity contribution >= 4 is 43.7 Å². The third-order valence-electron chi connectivity index (χ3n) is 3.21. The van der Waals surface area contributed by atoms with Crippen LogP contribution in [-0.2, 0) is 19.4 Å². The van der Waals surface area contributed by atoms with Crippen LogP contribution >= 0.6 is 15.9 Å². The molecule has 6 nitrogen and oxygen atoms in total. The Kier molecular flexibility index (Phi) is 5.36. The van der Waals surface area contributed by atoms with E-state index in [0.29, 0.717) is 6.42 Å². The van der Waals surface area contributed by atoms with Gasteiger partial charge in [0.15, 0.2) is 9.84 Å². The first-order chi connectivity index (χ1) is 10.4. The molecule has 1 aromatic carbocycles. The van der Waals surface area contributed by atoms with Crippen molar-refractivity contribution in [3.63, 3.8) is 0 Å². The van der Waals surface area contributed by atoms with Gasteiger partial charge in [-0.2, -0.15) is 0 Å². The second-order valence-corrected chi connectivity index (χ2v) is 8.11. The van der Waals surface area contributed by atoms with Gasteiger partial charge in [0.1, 0.15) is 0 Å². The van der Waals surface area contributed by atoms with E-state index in [0.717, 1.165) is 10.0 Å². The predicted molar refractivity (Wildman–Crippen MR) is 86.2 cm³/mol. The zero-order chi connectivity index (χ0) is 16.2. The van der Waals surface area contributed by atoms with Gasteiger partial charge in [-0.1, -0.05) is 28.1 Å². The maximum atomic E-state index is 11.7. The molecule has 1 atom stereocenters. The molecule has 0 saturated carbocycles. The molecule has 1 heterocycles. The van der Waals surface area contributed by atoms with Crippen molar-refractivity contribution < 1.29 is 18.0 Å². The lowest BCUT2D eigenvalue weighted by molar-refractivity contribution is -0.129. The van der Waals surface area contributed by atoms with Crippen LogP contribution in [0.2, 0.25) is 0 Å². The van der Waals surface area contributed by atoms with Crippen LogP contribution < -0.4 is 10.9 Å². The number of carbonyl (C=O) groups is 2. The Morgan fingerprint density at radius 2 is 1.86 bits per heavy atom. The summed E-state index contributed by atoms with van der Waals surface area (Å²) in [4.78, 5) is 23.3. The molecule has 0 radical (unpaired) electrons. The van der Waals surface area contributed by atoms with Crippen molar-refractivity contribution in [2.75, 3.05) is 11.5 Å². The highest BCUT2D eigenvalue weighted by Crippen LogP contribution is 2.18. The van der Waals surface area contributed by atoms with Crippen LogP contribution in [-0.4, -0.2) is 31.7 Å². The fourth-order valence-electron chi connectivity index (χ4n) is 2.01. The first-order valence-corrected chi connectivity index (χ1v) is 9.21. The van der Waals surface area contributed by atoms with Gasteiger partial charge in [-0.05, 0) is 30.2 Å². The molecule has 1 aliphatic rings. The summed E-state index contributed by atoms with van der Waals surface area (Å²) in [6.45, 7) is 0. The molecule has 0 bridgehead atoms. The summed E-state index contributed by atoms with van der Waals surface area (Å²) < 4.78 is 23.5. The first kappa shape index (κ1) is 16.7. The quantitative estimate of drug-likeness (QED) is 0.599. The molecule has 8 heteroatoms. The standard InChI is InChI=1S/C14H15BrN2O4S/c15-12-4-1-10(2-5-12)3-6-13(18)16-17-14(19)11-7-8-22(20,21)9-11/h1-6,11H,7-9H2,(H,16,18)(H,17,19)/b6-3+/t11-/m1/s1. The molecule has 2 N–H and O–H groups in total. The van der Waals surface area contributed by atoms with Crippen LogP contribution in [0, 0.1) is 5.92 Å². The number of benzene rings is 1. The molecule has 0 unspecified atom stereocenters. The summed E-state index contributed by atoms with van der Waals surface area (Å²) in [6, 6.07) is 7.35. The van der Waals surface area contributed by atoms with E-state index in [-0.39, 0.29) is 11.5 Å². The second kappa shape index (κ2) is 7.06. The number of sulfone groups is 1. The number of hydrazine groups is 1. The van der Waals surface area contributed by atoms with Crippen molar-refractivity contribution in [1.82, 2.24) is 10.9 Å². The lowest BCUT2D eigenvalue weighted by Crippen LogP contribution is -2.44. The smallest absolute Gasteiger partial charge is 0.262 e. The van der Waals surface area contributed by atoms with E-state index < -0.39 is 27.6 Å². The van der Waals surface area contributed by atoms with Crippen LogP contribution in [0.15, 0.2) is 34.8 Å². The van der Waals surface area contributed by atoms with Gasteiger partial charge in [-0.25, -0.2) is 8.42 Å². The highest BCUT2D eigenvalue weighted by molar-refractivity contribution is 9.10. The normalized spacial score (nSPS) is 20.0. The number of hydrogen-bond acceptors (Lipinski definition) is 4.